The lowest BCUT2D eigenvalue weighted by Crippen LogP contribution is -2.25. The summed E-state index contributed by atoms with van der Waals surface area (Å²) in [6.07, 6.45) is 10.7. The van der Waals surface area contributed by atoms with Gasteiger partial charge in [-0.1, -0.05) is 57.2 Å². The van der Waals surface area contributed by atoms with Gasteiger partial charge in [0, 0.05) is 18.0 Å². The summed E-state index contributed by atoms with van der Waals surface area (Å²) in [5, 5.41) is 3.78. The molecule has 0 spiro atoms. The van der Waals surface area contributed by atoms with Crippen LogP contribution in [-0.4, -0.2) is 13.2 Å². The summed E-state index contributed by atoms with van der Waals surface area (Å²) in [5.74, 6) is 2.08. The van der Waals surface area contributed by atoms with Gasteiger partial charge in [-0.25, -0.2) is 0 Å². The van der Waals surface area contributed by atoms with E-state index in [0.29, 0.717) is 6.04 Å². The van der Waals surface area contributed by atoms with Crippen LogP contribution in [0.15, 0.2) is 18.2 Å². The Morgan fingerprint density at radius 2 is 2.10 bits per heavy atom. The van der Waals surface area contributed by atoms with Crippen molar-refractivity contribution in [2.24, 2.45) is 5.92 Å². The lowest BCUT2D eigenvalue weighted by molar-refractivity contribution is 0.293. The minimum absolute atomic E-state index is 0.473. The number of fused-ring (bicyclic) bond motifs is 1. The molecule has 2 heteroatoms. The minimum Gasteiger partial charge on any atom is -0.493 e. The van der Waals surface area contributed by atoms with E-state index in [4.69, 9.17) is 4.74 Å². The van der Waals surface area contributed by atoms with E-state index in [1.807, 2.05) is 0 Å². The standard InChI is InChI=1S/C19H29NO/c1-2-12-20-18(14-15-7-4-3-5-8-15)17-10-6-9-16-11-13-21-19(16)17/h6,9-10,15,18,20H,2-5,7-8,11-14H2,1H3. The molecule has 0 amide bonds. The van der Waals surface area contributed by atoms with Crippen LogP contribution in [0, 0.1) is 5.92 Å². The number of hydrogen-bond donors (Lipinski definition) is 1. The number of rotatable bonds is 6. The van der Waals surface area contributed by atoms with Gasteiger partial charge in [-0.2, -0.15) is 0 Å². The smallest absolute Gasteiger partial charge is 0.127 e. The predicted octanol–water partition coefficient (Wildman–Crippen LogP) is 4.63. The first-order valence-corrected chi connectivity index (χ1v) is 8.86. The molecular weight excluding hydrogens is 258 g/mol. The summed E-state index contributed by atoms with van der Waals surface area (Å²) in [6.45, 7) is 4.20. The van der Waals surface area contributed by atoms with Crippen LogP contribution in [0.4, 0.5) is 0 Å². The first-order valence-electron chi connectivity index (χ1n) is 8.86. The molecular formula is C19H29NO. The number of ether oxygens (including phenoxy) is 1. The molecule has 1 atom stereocenters. The number of para-hydroxylation sites is 1. The third kappa shape index (κ3) is 3.60. The van der Waals surface area contributed by atoms with E-state index >= 15 is 0 Å². The summed E-state index contributed by atoms with van der Waals surface area (Å²) in [4.78, 5) is 0. The highest BCUT2D eigenvalue weighted by Crippen LogP contribution is 2.38. The van der Waals surface area contributed by atoms with E-state index in [-0.39, 0.29) is 0 Å². The number of benzene rings is 1. The highest BCUT2D eigenvalue weighted by molar-refractivity contribution is 5.45. The molecule has 0 saturated heterocycles. The molecule has 3 rings (SSSR count). The average molecular weight is 287 g/mol. The van der Waals surface area contributed by atoms with E-state index in [1.165, 1.54) is 61.8 Å². The van der Waals surface area contributed by atoms with Crippen LogP contribution in [0.1, 0.15) is 69.0 Å². The van der Waals surface area contributed by atoms with E-state index in [9.17, 15) is 0 Å². The average Bonchev–Trinajstić information content (AvgIpc) is 3.01. The van der Waals surface area contributed by atoms with Gasteiger partial charge in [-0.15, -0.1) is 0 Å². The molecule has 21 heavy (non-hydrogen) atoms. The van der Waals surface area contributed by atoms with E-state index in [0.717, 1.165) is 25.5 Å². The summed E-state index contributed by atoms with van der Waals surface area (Å²) in [5.41, 5.74) is 2.81. The van der Waals surface area contributed by atoms with Crippen LogP contribution in [0.2, 0.25) is 0 Å². The van der Waals surface area contributed by atoms with Gasteiger partial charge in [0.05, 0.1) is 6.61 Å². The first kappa shape index (κ1) is 14.9. The minimum atomic E-state index is 0.473. The lowest BCUT2D eigenvalue weighted by Gasteiger charge is -2.28. The Morgan fingerprint density at radius 3 is 2.90 bits per heavy atom. The van der Waals surface area contributed by atoms with E-state index in [1.54, 1.807) is 0 Å². The largest absolute Gasteiger partial charge is 0.493 e. The molecule has 2 nitrogen and oxygen atoms in total. The Morgan fingerprint density at radius 1 is 1.24 bits per heavy atom. The molecule has 116 valence electrons. The fourth-order valence-electron chi connectivity index (χ4n) is 3.91. The van der Waals surface area contributed by atoms with Gasteiger partial charge >= 0.3 is 0 Å². The summed E-state index contributed by atoms with van der Waals surface area (Å²) in [6, 6.07) is 7.19. The highest BCUT2D eigenvalue weighted by atomic mass is 16.5. The second-order valence-corrected chi connectivity index (χ2v) is 6.68. The molecule has 1 fully saturated rings. The topological polar surface area (TPSA) is 21.3 Å². The van der Waals surface area contributed by atoms with E-state index < -0.39 is 0 Å². The third-order valence-corrected chi connectivity index (χ3v) is 5.05. The van der Waals surface area contributed by atoms with Crippen molar-refractivity contribution in [3.05, 3.63) is 29.3 Å². The van der Waals surface area contributed by atoms with Gasteiger partial charge in [0.15, 0.2) is 0 Å². The predicted molar refractivity (Wildman–Crippen MR) is 87.9 cm³/mol. The Balaban J connectivity index is 1.76. The zero-order chi connectivity index (χ0) is 14.5. The summed E-state index contributed by atoms with van der Waals surface area (Å²) >= 11 is 0. The van der Waals surface area contributed by atoms with Crippen LogP contribution in [0.3, 0.4) is 0 Å². The second kappa shape index (κ2) is 7.31. The second-order valence-electron chi connectivity index (χ2n) is 6.68. The molecule has 1 N–H and O–H groups in total. The Kier molecular flexibility index (Phi) is 5.18. The van der Waals surface area contributed by atoms with E-state index in [2.05, 4.69) is 30.4 Å². The maximum absolute atomic E-state index is 5.94. The normalized spacial score (nSPS) is 20.0. The van der Waals surface area contributed by atoms with Crippen molar-refractivity contribution in [1.29, 1.82) is 0 Å². The first-order chi connectivity index (χ1) is 10.4. The number of hydrogen-bond acceptors (Lipinski definition) is 2. The third-order valence-electron chi connectivity index (χ3n) is 5.05. The Labute approximate surface area is 129 Å². The van der Waals surface area contributed by atoms with Crippen molar-refractivity contribution in [2.45, 2.75) is 64.3 Å². The summed E-state index contributed by atoms with van der Waals surface area (Å²) in [7, 11) is 0. The molecule has 1 saturated carbocycles. The van der Waals surface area contributed by atoms with Crippen molar-refractivity contribution >= 4 is 0 Å². The molecule has 1 unspecified atom stereocenters. The fraction of sp³-hybridized carbons (Fsp3) is 0.684. The van der Waals surface area contributed by atoms with Crippen LogP contribution >= 0.6 is 0 Å². The van der Waals surface area contributed by atoms with Crippen molar-refractivity contribution in [3.63, 3.8) is 0 Å². The van der Waals surface area contributed by atoms with Gasteiger partial charge in [0.2, 0.25) is 0 Å². The van der Waals surface area contributed by atoms with Gasteiger partial charge in [-0.3, -0.25) is 0 Å². The maximum atomic E-state index is 5.94. The van der Waals surface area contributed by atoms with Crippen molar-refractivity contribution in [3.8, 4) is 5.75 Å². The van der Waals surface area contributed by atoms with Gasteiger partial charge < -0.3 is 10.1 Å². The van der Waals surface area contributed by atoms with Gasteiger partial charge in [0.25, 0.3) is 0 Å². The molecule has 1 heterocycles. The molecule has 0 bridgehead atoms. The van der Waals surface area contributed by atoms with Gasteiger partial charge in [-0.05, 0) is 30.9 Å². The SMILES string of the molecule is CCCNC(CC1CCCCC1)c1cccc2c1OCC2. The summed E-state index contributed by atoms with van der Waals surface area (Å²) < 4.78 is 5.94. The van der Waals surface area contributed by atoms with Crippen LogP contribution in [0.5, 0.6) is 5.75 Å². The zero-order valence-corrected chi connectivity index (χ0v) is 13.4. The lowest BCUT2D eigenvalue weighted by atomic mass is 9.83. The quantitative estimate of drug-likeness (QED) is 0.823. The molecule has 2 aliphatic rings. The molecule has 0 radical (unpaired) electrons. The van der Waals surface area contributed by atoms with Crippen LogP contribution < -0.4 is 10.1 Å². The monoisotopic (exact) mass is 287 g/mol. The van der Waals surface area contributed by atoms with Crippen molar-refractivity contribution < 1.29 is 4.74 Å². The van der Waals surface area contributed by atoms with Crippen molar-refractivity contribution in [1.82, 2.24) is 5.32 Å². The Bertz CT molecular complexity index is 451. The fourth-order valence-corrected chi connectivity index (χ4v) is 3.91. The van der Waals surface area contributed by atoms with Crippen molar-refractivity contribution in [2.75, 3.05) is 13.2 Å². The van der Waals surface area contributed by atoms with Crippen LogP contribution in [0.25, 0.3) is 0 Å². The Hall–Kier alpha value is -1.02. The molecule has 1 aliphatic carbocycles. The van der Waals surface area contributed by atoms with Gasteiger partial charge in [0.1, 0.15) is 5.75 Å². The maximum Gasteiger partial charge on any atom is 0.127 e. The molecule has 1 aliphatic heterocycles. The molecule has 1 aromatic carbocycles. The zero-order valence-electron chi connectivity index (χ0n) is 13.4. The van der Waals surface area contributed by atoms with Crippen LogP contribution in [-0.2, 0) is 6.42 Å². The molecule has 0 aromatic heterocycles. The number of nitrogens with one attached hydrogen (secondary N) is 1. The molecule has 1 aromatic rings. The highest BCUT2D eigenvalue weighted by Gasteiger charge is 2.25.